The first-order chi connectivity index (χ1) is 20.1. The maximum atomic E-state index is 11.5. The van der Waals surface area contributed by atoms with E-state index in [9.17, 15) is 28.5 Å². The van der Waals surface area contributed by atoms with Gasteiger partial charge in [0, 0.05) is 13.5 Å². The predicted octanol–water partition coefficient (Wildman–Crippen LogP) is 3.17. The zero-order chi connectivity index (χ0) is 31.2. The van der Waals surface area contributed by atoms with Gasteiger partial charge in [-0.1, -0.05) is 69.1 Å². The minimum Gasteiger partial charge on any atom is -0.458 e. The van der Waals surface area contributed by atoms with E-state index in [1.165, 1.54) is 19.8 Å². The molecule has 0 aromatic heterocycles. The van der Waals surface area contributed by atoms with E-state index < -0.39 is 59.8 Å². The second-order valence-electron chi connectivity index (χ2n) is 10.0. The van der Waals surface area contributed by atoms with Gasteiger partial charge in [-0.2, -0.15) is 8.42 Å². The highest BCUT2D eigenvalue weighted by atomic mass is 32.3. The van der Waals surface area contributed by atoms with Crippen molar-refractivity contribution in [3.05, 3.63) is 36.5 Å². The van der Waals surface area contributed by atoms with Crippen molar-refractivity contribution in [2.75, 3.05) is 26.4 Å². The first kappa shape index (κ1) is 38.3. The Hall–Kier alpha value is -1.68. The Labute approximate surface area is 250 Å². The molecule has 0 amide bonds. The molecule has 0 radical (unpaired) electrons. The first-order valence-corrected chi connectivity index (χ1v) is 16.0. The van der Waals surface area contributed by atoms with Gasteiger partial charge < -0.3 is 34.3 Å². The Morgan fingerprint density at radius 1 is 0.905 bits per heavy atom. The Morgan fingerprint density at radius 3 is 2.14 bits per heavy atom. The minimum absolute atomic E-state index is 0.0103. The van der Waals surface area contributed by atoms with Crippen LogP contribution in [0.15, 0.2) is 36.5 Å². The highest BCUT2D eigenvalue weighted by Crippen LogP contribution is 2.25. The molecule has 1 aliphatic heterocycles. The molecule has 244 valence electrons. The van der Waals surface area contributed by atoms with Crippen molar-refractivity contribution in [1.82, 2.24) is 0 Å². The van der Waals surface area contributed by atoms with Crippen LogP contribution in [0.25, 0.3) is 0 Å². The van der Waals surface area contributed by atoms with Crippen LogP contribution in [-0.2, 0) is 38.3 Å². The fourth-order valence-electron chi connectivity index (χ4n) is 4.21. The Bertz CT molecular complexity index is 904. The van der Waals surface area contributed by atoms with E-state index in [-0.39, 0.29) is 13.2 Å². The molecule has 13 heteroatoms. The summed E-state index contributed by atoms with van der Waals surface area (Å²) >= 11 is 0. The number of hydrogen-bond acceptors (Lipinski definition) is 11. The van der Waals surface area contributed by atoms with Crippen molar-refractivity contribution in [2.24, 2.45) is 0 Å². The van der Waals surface area contributed by atoms with Crippen LogP contribution in [0.2, 0.25) is 0 Å². The number of aliphatic hydroxyl groups excluding tert-OH is 3. The molecule has 0 aromatic rings. The average Bonchev–Trinajstić information content (AvgIpc) is 2.93. The van der Waals surface area contributed by atoms with Gasteiger partial charge in [-0.15, -0.1) is 0 Å². The van der Waals surface area contributed by atoms with Gasteiger partial charge in [-0.25, -0.2) is 4.18 Å². The summed E-state index contributed by atoms with van der Waals surface area (Å²) < 4.78 is 57.1. The van der Waals surface area contributed by atoms with Crippen LogP contribution in [0.3, 0.4) is 0 Å². The number of allylic oxidation sites excluding steroid dienone is 6. The molecule has 6 atom stereocenters. The molecule has 0 aromatic carbocycles. The van der Waals surface area contributed by atoms with E-state index >= 15 is 0 Å². The fourth-order valence-corrected chi connectivity index (χ4v) is 4.72. The summed E-state index contributed by atoms with van der Waals surface area (Å²) in [5, 5.41) is 29.9. The topological polar surface area (TPSA) is 178 Å². The lowest BCUT2D eigenvalue weighted by molar-refractivity contribution is -0.301. The Balaban J connectivity index is 2.26. The summed E-state index contributed by atoms with van der Waals surface area (Å²) in [4.78, 5) is 11.5. The molecule has 1 rings (SSSR count). The molecule has 1 fully saturated rings. The third-order valence-corrected chi connectivity index (χ3v) is 6.79. The zero-order valence-electron chi connectivity index (χ0n) is 24.8. The average molecular weight is 623 g/mol. The predicted molar refractivity (Wildman–Crippen MR) is 156 cm³/mol. The quantitative estimate of drug-likeness (QED) is 0.0567. The summed E-state index contributed by atoms with van der Waals surface area (Å²) in [6.45, 7) is 2.76. The van der Waals surface area contributed by atoms with Crippen LogP contribution in [0.4, 0.5) is 0 Å². The molecule has 0 saturated carbocycles. The second-order valence-corrected chi connectivity index (χ2v) is 11.1. The molecular formula is C29H50O12S. The molecule has 42 heavy (non-hydrogen) atoms. The highest BCUT2D eigenvalue weighted by Gasteiger charge is 2.47. The van der Waals surface area contributed by atoms with Crippen LogP contribution in [0.5, 0.6) is 0 Å². The Morgan fingerprint density at radius 2 is 1.52 bits per heavy atom. The fraction of sp³-hybridized carbons (Fsp3) is 0.759. The second kappa shape index (κ2) is 22.8. The van der Waals surface area contributed by atoms with Gasteiger partial charge in [-0.05, 0) is 38.5 Å². The van der Waals surface area contributed by atoms with E-state index in [4.69, 9.17) is 23.5 Å². The van der Waals surface area contributed by atoms with Crippen molar-refractivity contribution in [3.63, 3.8) is 0 Å². The van der Waals surface area contributed by atoms with Gasteiger partial charge in [0.15, 0.2) is 6.29 Å². The van der Waals surface area contributed by atoms with E-state index in [0.29, 0.717) is 6.61 Å². The van der Waals surface area contributed by atoms with Gasteiger partial charge in [0.05, 0.1) is 19.8 Å². The number of hydrogen-bond donors (Lipinski definition) is 4. The van der Waals surface area contributed by atoms with Crippen molar-refractivity contribution in [1.29, 1.82) is 0 Å². The smallest absolute Gasteiger partial charge is 0.397 e. The third-order valence-electron chi connectivity index (χ3n) is 6.33. The number of carbonyl (C=O) groups excluding carboxylic acids is 1. The van der Waals surface area contributed by atoms with Crippen LogP contribution < -0.4 is 0 Å². The number of rotatable bonds is 23. The van der Waals surface area contributed by atoms with Crippen LogP contribution in [-0.4, -0.2) is 97.5 Å². The van der Waals surface area contributed by atoms with Gasteiger partial charge in [0.25, 0.3) is 0 Å². The van der Waals surface area contributed by atoms with Crippen LogP contribution >= 0.6 is 0 Å². The van der Waals surface area contributed by atoms with Gasteiger partial charge in [0.2, 0.25) is 0 Å². The number of ether oxygens (including phenoxy) is 4. The van der Waals surface area contributed by atoms with E-state index in [0.717, 1.165) is 51.4 Å². The molecule has 0 bridgehead atoms. The van der Waals surface area contributed by atoms with Crippen molar-refractivity contribution >= 4 is 16.4 Å². The first-order valence-electron chi connectivity index (χ1n) is 14.7. The number of esters is 1. The highest BCUT2D eigenvalue weighted by molar-refractivity contribution is 7.80. The van der Waals surface area contributed by atoms with E-state index in [1.54, 1.807) is 0 Å². The SMILES string of the molecule is CC/C=C\C/C=C\C/C=C\CCCCCCCCOCC(COC1OC(CO)C(O)C(OS(=O)(=O)O)C1O)OC(C)=O. The summed E-state index contributed by atoms with van der Waals surface area (Å²) in [5.41, 5.74) is 0. The molecule has 6 unspecified atom stereocenters. The normalized spacial score (nSPS) is 24.2. The molecular weight excluding hydrogens is 572 g/mol. The largest absolute Gasteiger partial charge is 0.458 e. The minimum atomic E-state index is -5.04. The van der Waals surface area contributed by atoms with Crippen LogP contribution in [0.1, 0.15) is 78.1 Å². The monoisotopic (exact) mass is 622 g/mol. The van der Waals surface area contributed by atoms with Gasteiger partial charge in [-0.3, -0.25) is 9.35 Å². The lowest BCUT2D eigenvalue weighted by atomic mass is 9.99. The summed E-state index contributed by atoms with van der Waals surface area (Å²) in [7, 11) is -5.04. The van der Waals surface area contributed by atoms with Crippen LogP contribution in [0, 0.1) is 0 Å². The summed E-state index contributed by atoms with van der Waals surface area (Å²) in [6, 6.07) is 0. The summed E-state index contributed by atoms with van der Waals surface area (Å²) in [6.07, 6.45) is 14.5. The molecule has 1 aliphatic rings. The van der Waals surface area contributed by atoms with Crippen molar-refractivity contribution < 1.29 is 56.2 Å². The van der Waals surface area contributed by atoms with Gasteiger partial charge >= 0.3 is 16.4 Å². The van der Waals surface area contributed by atoms with E-state index in [2.05, 4.69) is 47.6 Å². The number of carbonyl (C=O) groups is 1. The number of unbranched alkanes of at least 4 members (excludes halogenated alkanes) is 6. The molecule has 4 N–H and O–H groups in total. The maximum Gasteiger partial charge on any atom is 0.397 e. The summed E-state index contributed by atoms with van der Waals surface area (Å²) in [5.74, 6) is -0.584. The maximum absolute atomic E-state index is 11.5. The number of aliphatic hydroxyl groups is 3. The standard InChI is InChI=1S/C29H50O12S/c1-3-4-5-6-7-8-9-10-11-12-13-14-15-16-17-18-19-37-21-24(39-23(2)31)22-38-29-27(33)28(41-42(34,35)36)26(32)25(20-30)40-29/h4-5,7-8,10-11,24-30,32-33H,3,6,9,12-22H2,1-2H3,(H,34,35,36)/b5-4-,8-7-,11-10-. The molecule has 1 heterocycles. The molecule has 1 saturated heterocycles. The van der Waals surface area contributed by atoms with Crippen molar-refractivity contribution in [2.45, 2.75) is 115 Å². The Kier molecular flexibility index (Phi) is 20.8. The zero-order valence-corrected chi connectivity index (χ0v) is 25.6. The lowest BCUT2D eigenvalue weighted by Gasteiger charge is -2.41. The van der Waals surface area contributed by atoms with Gasteiger partial charge in [0.1, 0.15) is 30.5 Å². The third kappa shape index (κ3) is 18.1. The molecule has 0 aliphatic carbocycles. The molecule has 12 nitrogen and oxygen atoms in total. The molecule has 0 spiro atoms. The van der Waals surface area contributed by atoms with E-state index in [1.807, 2.05) is 0 Å². The lowest BCUT2D eigenvalue weighted by Crippen LogP contribution is -2.60. The van der Waals surface area contributed by atoms with Crippen molar-refractivity contribution in [3.8, 4) is 0 Å².